The van der Waals surface area contributed by atoms with Gasteiger partial charge < -0.3 is 14.2 Å². The van der Waals surface area contributed by atoms with Crippen LogP contribution in [0.2, 0.25) is 0 Å². The van der Waals surface area contributed by atoms with Crippen LogP contribution in [-0.2, 0) is 4.74 Å². The summed E-state index contributed by atoms with van der Waals surface area (Å²) in [4.78, 5) is 17.0. The Morgan fingerprint density at radius 2 is 1.79 bits per heavy atom. The second-order valence-electron chi connectivity index (χ2n) is 5.86. The van der Waals surface area contributed by atoms with Gasteiger partial charge in [-0.15, -0.1) is 0 Å². The predicted molar refractivity (Wildman–Crippen MR) is 112 cm³/mol. The molecule has 0 radical (unpaired) electrons. The number of rotatable bonds is 6. The first-order valence-corrected chi connectivity index (χ1v) is 9.53. The Balaban J connectivity index is 2.39. The molecule has 0 amide bonds. The van der Waals surface area contributed by atoms with Crippen molar-refractivity contribution in [2.45, 2.75) is 6.92 Å². The van der Waals surface area contributed by atoms with E-state index >= 15 is 0 Å². The van der Waals surface area contributed by atoms with Crippen molar-refractivity contribution in [2.24, 2.45) is 0 Å². The Bertz CT molecular complexity index is 989. The number of hydrogen-bond acceptors (Lipinski definition) is 5. The third-order valence-electron chi connectivity index (χ3n) is 4.22. The minimum atomic E-state index is -0.490. The Morgan fingerprint density at radius 3 is 2.43 bits per heavy atom. The predicted octanol–water partition coefficient (Wildman–Crippen LogP) is 5.37. The van der Waals surface area contributed by atoms with Gasteiger partial charge in [0, 0.05) is 21.8 Å². The van der Waals surface area contributed by atoms with Gasteiger partial charge in [-0.25, -0.2) is 9.78 Å². The van der Waals surface area contributed by atoms with Gasteiger partial charge in [-0.05, 0) is 36.2 Å². The minimum Gasteiger partial charge on any atom is -0.493 e. The molecule has 0 unspecified atom stereocenters. The number of benzene rings is 2. The third-order valence-corrected chi connectivity index (χ3v) is 4.68. The molecule has 0 spiro atoms. The van der Waals surface area contributed by atoms with E-state index in [9.17, 15) is 4.79 Å². The van der Waals surface area contributed by atoms with Gasteiger partial charge in [-0.1, -0.05) is 46.3 Å². The summed E-state index contributed by atoms with van der Waals surface area (Å²) in [6.07, 6.45) is 1.61. The summed E-state index contributed by atoms with van der Waals surface area (Å²) < 4.78 is 17.2. The molecule has 144 valence electrons. The van der Waals surface area contributed by atoms with Crippen LogP contribution in [0.4, 0.5) is 0 Å². The average Bonchev–Trinajstić information content (AvgIpc) is 2.73. The highest BCUT2D eigenvalue weighted by atomic mass is 79.9. The summed E-state index contributed by atoms with van der Waals surface area (Å²) in [5.41, 5.74) is 3.33. The molecule has 3 aromatic rings. The van der Waals surface area contributed by atoms with Crippen molar-refractivity contribution in [2.75, 3.05) is 20.8 Å². The van der Waals surface area contributed by atoms with E-state index < -0.39 is 5.97 Å². The molecular weight excluding hydrogens is 422 g/mol. The highest BCUT2D eigenvalue weighted by Crippen LogP contribution is 2.45. The van der Waals surface area contributed by atoms with Crippen molar-refractivity contribution in [3.63, 3.8) is 0 Å². The number of carbonyl (C=O) groups excluding carboxylic acids is 1. The zero-order chi connectivity index (χ0) is 20.1. The number of hydrogen-bond donors (Lipinski definition) is 0. The van der Waals surface area contributed by atoms with Crippen molar-refractivity contribution in [3.8, 4) is 33.8 Å². The standard InChI is InChI=1S/C22H20BrNO4/c1-4-28-22(25)20-19(16(10-11-24-20)14-8-6-5-7-9-14)17-12-15(23)13-18(26-2)21(17)27-3/h5-13H,4H2,1-3H3. The number of ether oxygens (including phenoxy) is 3. The SMILES string of the molecule is CCOC(=O)c1nccc(-c2ccccc2)c1-c1cc(Br)cc(OC)c1OC. The molecule has 3 rings (SSSR count). The maximum Gasteiger partial charge on any atom is 0.357 e. The number of methoxy groups -OCH3 is 2. The number of aromatic nitrogens is 1. The van der Waals surface area contributed by atoms with Crippen LogP contribution in [0.5, 0.6) is 11.5 Å². The molecule has 2 aromatic carbocycles. The molecule has 0 N–H and O–H groups in total. The van der Waals surface area contributed by atoms with Crippen LogP contribution in [-0.4, -0.2) is 31.8 Å². The number of pyridine rings is 1. The van der Waals surface area contributed by atoms with Gasteiger partial charge in [0.15, 0.2) is 17.2 Å². The zero-order valence-corrected chi connectivity index (χ0v) is 17.4. The van der Waals surface area contributed by atoms with E-state index in [1.54, 1.807) is 27.3 Å². The van der Waals surface area contributed by atoms with E-state index in [2.05, 4.69) is 20.9 Å². The van der Waals surface area contributed by atoms with Crippen LogP contribution in [0.15, 0.2) is 59.2 Å². The maximum atomic E-state index is 12.7. The second kappa shape index (κ2) is 8.89. The summed E-state index contributed by atoms with van der Waals surface area (Å²) in [5, 5.41) is 0. The molecule has 0 saturated heterocycles. The molecule has 6 heteroatoms. The molecule has 0 atom stereocenters. The number of carbonyl (C=O) groups is 1. The Kier molecular flexibility index (Phi) is 6.31. The van der Waals surface area contributed by atoms with Crippen LogP contribution in [0, 0.1) is 0 Å². The van der Waals surface area contributed by atoms with E-state index in [0.717, 1.165) is 15.6 Å². The summed E-state index contributed by atoms with van der Waals surface area (Å²) >= 11 is 3.52. The van der Waals surface area contributed by atoms with E-state index in [0.29, 0.717) is 22.6 Å². The first-order chi connectivity index (χ1) is 13.6. The quantitative estimate of drug-likeness (QED) is 0.481. The molecule has 0 aliphatic carbocycles. The molecule has 1 heterocycles. The van der Waals surface area contributed by atoms with Gasteiger partial charge in [0.05, 0.1) is 20.8 Å². The minimum absolute atomic E-state index is 0.224. The maximum absolute atomic E-state index is 12.7. The molecule has 28 heavy (non-hydrogen) atoms. The van der Waals surface area contributed by atoms with Gasteiger partial charge >= 0.3 is 5.97 Å². The first kappa shape index (κ1) is 19.9. The fourth-order valence-electron chi connectivity index (χ4n) is 3.06. The zero-order valence-electron chi connectivity index (χ0n) is 15.9. The third kappa shape index (κ3) is 3.87. The van der Waals surface area contributed by atoms with Crippen molar-refractivity contribution in [1.82, 2.24) is 4.98 Å². The number of halogens is 1. The lowest BCUT2D eigenvalue weighted by atomic mass is 9.92. The lowest BCUT2D eigenvalue weighted by Crippen LogP contribution is -2.10. The van der Waals surface area contributed by atoms with Crippen LogP contribution in [0.25, 0.3) is 22.3 Å². The monoisotopic (exact) mass is 441 g/mol. The molecule has 0 bridgehead atoms. The van der Waals surface area contributed by atoms with Gasteiger partial charge in [-0.3, -0.25) is 0 Å². The first-order valence-electron chi connectivity index (χ1n) is 8.74. The van der Waals surface area contributed by atoms with Crippen molar-refractivity contribution < 1.29 is 19.0 Å². The van der Waals surface area contributed by atoms with Crippen LogP contribution in [0.1, 0.15) is 17.4 Å². The lowest BCUT2D eigenvalue weighted by Gasteiger charge is -2.18. The summed E-state index contributed by atoms with van der Waals surface area (Å²) in [7, 11) is 3.14. The van der Waals surface area contributed by atoms with Gasteiger partial charge in [0.1, 0.15) is 0 Å². The second-order valence-corrected chi connectivity index (χ2v) is 6.77. The lowest BCUT2D eigenvalue weighted by molar-refractivity contribution is 0.0520. The average molecular weight is 442 g/mol. The van der Waals surface area contributed by atoms with E-state index in [1.807, 2.05) is 48.5 Å². The summed E-state index contributed by atoms with van der Waals surface area (Å²) in [6, 6.07) is 15.4. The molecule has 0 saturated carbocycles. The van der Waals surface area contributed by atoms with Gasteiger partial charge in [-0.2, -0.15) is 0 Å². The van der Waals surface area contributed by atoms with Crippen molar-refractivity contribution in [1.29, 1.82) is 0 Å². The molecule has 0 aliphatic rings. The normalized spacial score (nSPS) is 10.4. The van der Waals surface area contributed by atoms with Crippen LogP contribution >= 0.6 is 15.9 Å². The smallest absolute Gasteiger partial charge is 0.357 e. The highest BCUT2D eigenvalue weighted by Gasteiger charge is 2.24. The van der Waals surface area contributed by atoms with Gasteiger partial charge in [0.25, 0.3) is 0 Å². The van der Waals surface area contributed by atoms with Crippen LogP contribution in [0.3, 0.4) is 0 Å². The molecule has 0 aliphatic heterocycles. The topological polar surface area (TPSA) is 57.7 Å². The van der Waals surface area contributed by atoms with E-state index in [-0.39, 0.29) is 12.3 Å². The van der Waals surface area contributed by atoms with Crippen molar-refractivity contribution >= 4 is 21.9 Å². The van der Waals surface area contributed by atoms with Crippen LogP contribution < -0.4 is 9.47 Å². The van der Waals surface area contributed by atoms with Gasteiger partial charge in [0.2, 0.25) is 0 Å². The molecular formula is C22H20BrNO4. The fourth-order valence-corrected chi connectivity index (χ4v) is 3.50. The number of nitrogens with zero attached hydrogens (tertiary/aromatic N) is 1. The highest BCUT2D eigenvalue weighted by molar-refractivity contribution is 9.10. The molecule has 5 nitrogen and oxygen atoms in total. The summed E-state index contributed by atoms with van der Waals surface area (Å²) in [5.74, 6) is 0.572. The number of esters is 1. The van der Waals surface area contributed by atoms with Crippen molar-refractivity contribution in [3.05, 3.63) is 64.9 Å². The fraction of sp³-hybridized carbons (Fsp3) is 0.182. The van der Waals surface area contributed by atoms with E-state index in [4.69, 9.17) is 14.2 Å². The largest absolute Gasteiger partial charge is 0.493 e. The Morgan fingerprint density at radius 1 is 1.04 bits per heavy atom. The Labute approximate surface area is 172 Å². The van der Waals surface area contributed by atoms with E-state index in [1.165, 1.54) is 0 Å². The molecule has 1 aromatic heterocycles. The summed E-state index contributed by atoms with van der Waals surface area (Å²) in [6.45, 7) is 2.02. The Hall–Kier alpha value is -2.86. The molecule has 0 fully saturated rings.